The SMILES string of the molecule is COC(=O)c1c(NC(=O)c2ccccc2C)c(C)nn1C. The van der Waals surface area contributed by atoms with Crippen LogP contribution in [0.25, 0.3) is 0 Å². The summed E-state index contributed by atoms with van der Waals surface area (Å²) in [6.07, 6.45) is 0. The molecule has 0 saturated heterocycles. The summed E-state index contributed by atoms with van der Waals surface area (Å²) in [5.74, 6) is -0.826. The molecule has 0 spiro atoms. The number of nitrogens with zero attached hydrogens (tertiary/aromatic N) is 2. The highest BCUT2D eigenvalue weighted by atomic mass is 16.5. The van der Waals surface area contributed by atoms with Gasteiger partial charge in [-0.1, -0.05) is 18.2 Å². The summed E-state index contributed by atoms with van der Waals surface area (Å²) in [5, 5.41) is 6.90. The molecule has 110 valence electrons. The van der Waals surface area contributed by atoms with E-state index in [-0.39, 0.29) is 11.6 Å². The number of rotatable bonds is 3. The predicted molar refractivity (Wildman–Crippen MR) is 78.4 cm³/mol. The van der Waals surface area contributed by atoms with Crippen LogP contribution in [0.1, 0.15) is 32.1 Å². The average molecular weight is 287 g/mol. The maximum absolute atomic E-state index is 12.4. The fourth-order valence-electron chi connectivity index (χ4n) is 2.15. The number of nitrogens with one attached hydrogen (secondary N) is 1. The molecule has 0 aliphatic heterocycles. The van der Waals surface area contributed by atoms with E-state index < -0.39 is 5.97 Å². The number of methoxy groups -OCH3 is 1. The summed E-state index contributed by atoms with van der Waals surface area (Å²) >= 11 is 0. The third kappa shape index (κ3) is 2.79. The molecule has 0 aliphatic carbocycles. The van der Waals surface area contributed by atoms with E-state index in [1.165, 1.54) is 11.8 Å². The lowest BCUT2D eigenvalue weighted by Crippen LogP contribution is -2.17. The van der Waals surface area contributed by atoms with Crippen molar-refractivity contribution >= 4 is 17.6 Å². The van der Waals surface area contributed by atoms with E-state index in [9.17, 15) is 9.59 Å². The Balaban J connectivity index is 2.38. The van der Waals surface area contributed by atoms with E-state index in [1.54, 1.807) is 26.1 Å². The molecule has 0 unspecified atom stereocenters. The Bertz CT molecular complexity index is 704. The second-order valence-corrected chi connectivity index (χ2v) is 4.69. The molecular formula is C15H17N3O3. The first-order chi connectivity index (χ1) is 9.95. The maximum atomic E-state index is 12.4. The molecule has 1 N–H and O–H groups in total. The van der Waals surface area contributed by atoms with Crippen LogP contribution < -0.4 is 5.32 Å². The Kier molecular flexibility index (Phi) is 4.07. The lowest BCUT2D eigenvalue weighted by atomic mass is 10.1. The van der Waals surface area contributed by atoms with Gasteiger partial charge in [-0.05, 0) is 25.5 Å². The lowest BCUT2D eigenvalue weighted by Gasteiger charge is -2.08. The zero-order chi connectivity index (χ0) is 15.6. The van der Waals surface area contributed by atoms with E-state index in [0.717, 1.165) is 5.56 Å². The molecule has 6 heteroatoms. The third-order valence-corrected chi connectivity index (χ3v) is 3.23. The van der Waals surface area contributed by atoms with Crippen LogP contribution in [0.2, 0.25) is 0 Å². The topological polar surface area (TPSA) is 73.2 Å². The van der Waals surface area contributed by atoms with Crippen molar-refractivity contribution in [1.82, 2.24) is 9.78 Å². The van der Waals surface area contributed by atoms with Gasteiger partial charge in [0, 0.05) is 12.6 Å². The van der Waals surface area contributed by atoms with Gasteiger partial charge in [0.05, 0.1) is 18.5 Å². The van der Waals surface area contributed by atoms with Crippen LogP contribution in [0.15, 0.2) is 24.3 Å². The number of hydrogen-bond acceptors (Lipinski definition) is 4. The van der Waals surface area contributed by atoms with Crippen LogP contribution in [0, 0.1) is 13.8 Å². The van der Waals surface area contributed by atoms with Crippen molar-refractivity contribution in [1.29, 1.82) is 0 Å². The number of aromatic nitrogens is 2. The molecule has 0 saturated carbocycles. The molecule has 0 fully saturated rings. The molecule has 21 heavy (non-hydrogen) atoms. The molecule has 2 rings (SSSR count). The molecular weight excluding hydrogens is 270 g/mol. The third-order valence-electron chi connectivity index (χ3n) is 3.23. The Morgan fingerprint density at radius 2 is 1.90 bits per heavy atom. The minimum atomic E-state index is -0.543. The Hall–Kier alpha value is -2.63. The molecule has 1 aromatic heterocycles. The summed E-state index contributed by atoms with van der Waals surface area (Å²) in [7, 11) is 2.92. The van der Waals surface area contributed by atoms with Crippen LogP contribution >= 0.6 is 0 Å². The van der Waals surface area contributed by atoms with Gasteiger partial charge in [0.2, 0.25) is 0 Å². The Morgan fingerprint density at radius 3 is 2.52 bits per heavy atom. The van der Waals surface area contributed by atoms with Gasteiger partial charge in [-0.2, -0.15) is 5.10 Å². The minimum absolute atomic E-state index is 0.219. The summed E-state index contributed by atoms with van der Waals surface area (Å²) in [6, 6.07) is 7.24. The van der Waals surface area contributed by atoms with Crippen LogP contribution in [0.3, 0.4) is 0 Å². The number of amides is 1. The number of benzene rings is 1. The van der Waals surface area contributed by atoms with E-state index in [4.69, 9.17) is 4.74 Å². The number of carbonyl (C=O) groups excluding carboxylic acids is 2. The smallest absolute Gasteiger partial charge is 0.358 e. The van der Waals surface area contributed by atoms with Crippen molar-refractivity contribution in [3.8, 4) is 0 Å². The Labute approximate surface area is 122 Å². The fraction of sp³-hybridized carbons (Fsp3) is 0.267. The van der Waals surface area contributed by atoms with E-state index >= 15 is 0 Å². The van der Waals surface area contributed by atoms with Gasteiger partial charge >= 0.3 is 5.97 Å². The number of ether oxygens (including phenoxy) is 1. The second-order valence-electron chi connectivity index (χ2n) is 4.69. The van der Waals surface area contributed by atoms with E-state index in [1.807, 2.05) is 19.1 Å². The molecule has 0 bridgehead atoms. The average Bonchev–Trinajstić information content (AvgIpc) is 2.73. The fourth-order valence-corrected chi connectivity index (χ4v) is 2.15. The van der Waals surface area contributed by atoms with Gasteiger partial charge in [-0.3, -0.25) is 9.48 Å². The van der Waals surface area contributed by atoms with Gasteiger partial charge in [0.15, 0.2) is 5.69 Å². The van der Waals surface area contributed by atoms with Gasteiger partial charge in [0.25, 0.3) is 5.91 Å². The second kappa shape index (κ2) is 5.78. The number of anilines is 1. The van der Waals surface area contributed by atoms with Crippen molar-refractivity contribution in [2.75, 3.05) is 12.4 Å². The summed E-state index contributed by atoms with van der Waals surface area (Å²) in [4.78, 5) is 24.2. The van der Waals surface area contributed by atoms with E-state index in [0.29, 0.717) is 16.9 Å². The van der Waals surface area contributed by atoms with Crippen LogP contribution in [-0.2, 0) is 11.8 Å². The van der Waals surface area contributed by atoms with Crippen LogP contribution in [0.4, 0.5) is 5.69 Å². The highest BCUT2D eigenvalue weighted by Crippen LogP contribution is 2.22. The largest absolute Gasteiger partial charge is 0.464 e. The first-order valence-electron chi connectivity index (χ1n) is 6.44. The molecule has 1 heterocycles. The maximum Gasteiger partial charge on any atom is 0.358 e. The standard InChI is InChI=1S/C15H17N3O3/c1-9-7-5-6-8-11(9)14(19)16-12-10(2)17-18(3)13(12)15(20)21-4/h5-8H,1-4H3,(H,16,19). The minimum Gasteiger partial charge on any atom is -0.464 e. The van der Waals surface area contributed by atoms with Gasteiger partial charge in [-0.15, -0.1) is 0 Å². The van der Waals surface area contributed by atoms with Gasteiger partial charge in [-0.25, -0.2) is 4.79 Å². The Morgan fingerprint density at radius 1 is 1.24 bits per heavy atom. The molecule has 6 nitrogen and oxygen atoms in total. The monoisotopic (exact) mass is 287 g/mol. The number of hydrogen-bond donors (Lipinski definition) is 1. The highest BCUT2D eigenvalue weighted by Gasteiger charge is 2.23. The van der Waals surface area contributed by atoms with Gasteiger partial charge in [0.1, 0.15) is 0 Å². The number of carbonyl (C=O) groups is 2. The predicted octanol–water partition coefficient (Wildman–Crippen LogP) is 2.08. The molecule has 0 atom stereocenters. The zero-order valence-corrected chi connectivity index (χ0v) is 12.4. The van der Waals surface area contributed by atoms with Crippen molar-refractivity contribution in [3.63, 3.8) is 0 Å². The molecule has 0 aliphatic rings. The highest BCUT2D eigenvalue weighted by molar-refractivity contribution is 6.08. The molecule has 0 radical (unpaired) electrons. The molecule has 1 aromatic carbocycles. The van der Waals surface area contributed by atoms with Crippen molar-refractivity contribution in [2.24, 2.45) is 7.05 Å². The molecule has 1 amide bonds. The van der Waals surface area contributed by atoms with Crippen LogP contribution in [0.5, 0.6) is 0 Å². The number of esters is 1. The first kappa shape index (κ1) is 14.8. The lowest BCUT2D eigenvalue weighted by molar-refractivity contribution is 0.0589. The molecule has 2 aromatic rings. The van der Waals surface area contributed by atoms with Crippen LogP contribution in [-0.4, -0.2) is 28.8 Å². The van der Waals surface area contributed by atoms with Gasteiger partial charge < -0.3 is 10.1 Å². The summed E-state index contributed by atoms with van der Waals surface area (Å²) in [6.45, 7) is 3.58. The van der Waals surface area contributed by atoms with Crippen molar-refractivity contribution < 1.29 is 14.3 Å². The summed E-state index contributed by atoms with van der Waals surface area (Å²) in [5.41, 5.74) is 2.56. The zero-order valence-electron chi connectivity index (χ0n) is 12.4. The van der Waals surface area contributed by atoms with Crippen molar-refractivity contribution in [2.45, 2.75) is 13.8 Å². The van der Waals surface area contributed by atoms with E-state index in [2.05, 4.69) is 10.4 Å². The number of aryl methyl sites for hydroxylation is 3. The summed E-state index contributed by atoms with van der Waals surface area (Å²) < 4.78 is 6.13. The first-order valence-corrected chi connectivity index (χ1v) is 6.44. The quantitative estimate of drug-likeness (QED) is 0.877. The van der Waals surface area contributed by atoms with Crippen molar-refractivity contribution in [3.05, 3.63) is 46.8 Å². The normalized spacial score (nSPS) is 10.3.